The van der Waals surface area contributed by atoms with Gasteiger partial charge < -0.3 is 4.74 Å². The van der Waals surface area contributed by atoms with Gasteiger partial charge in [0.05, 0.1) is 18.4 Å². The Morgan fingerprint density at radius 2 is 2.10 bits per heavy atom. The Hall–Kier alpha value is -2.43. The number of aromatic nitrogens is 2. The van der Waals surface area contributed by atoms with E-state index in [4.69, 9.17) is 4.74 Å². The summed E-state index contributed by atoms with van der Waals surface area (Å²) in [5.74, 6) is 0.448. The minimum atomic E-state index is -0.337. The van der Waals surface area contributed by atoms with E-state index >= 15 is 0 Å². The summed E-state index contributed by atoms with van der Waals surface area (Å²) in [7, 11) is 1.59. The number of ether oxygens (including phenoxy) is 1. The zero-order chi connectivity index (χ0) is 15.4. The lowest BCUT2D eigenvalue weighted by Crippen LogP contribution is -2.28. The van der Waals surface area contributed by atoms with E-state index in [1.165, 1.54) is 11.6 Å². The summed E-state index contributed by atoms with van der Waals surface area (Å²) in [6, 6.07) is 8.92. The van der Waals surface area contributed by atoms with Crippen molar-refractivity contribution in [2.75, 3.05) is 7.11 Å². The molecule has 0 spiro atoms. The average molecular weight is 286 g/mol. The summed E-state index contributed by atoms with van der Waals surface area (Å²) in [4.78, 5) is 23.8. The third-order valence-electron chi connectivity index (χ3n) is 3.15. The first-order valence-electron chi connectivity index (χ1n) is 6.84. The number of carbonyl (C=O) groups is 1. The molecule has 2 rings (SSSR count). The second-order valence-corrected chi connectivity index (χ2v) is 4.76. The van der Waals surface area contributed by atoms with Gasteiger partial charge in [-0.2, -0.15) is 5.10 Å². The highest BCUT2D eigenvalue weighted by Gasteiger charge is 2.13. The van der Waals surface area contributed by atoms with Gasteiger partial charge >= 0.3 is 0 Å². The van der Waals surface area contributed by atoms with Crippen molar-refractivity contribution in [2.45, 2.75) is 26.8 Å². The molecule has 0 radical (unpaired) electrons. The van der Waals surface area contributed by atoms with E-state index in [1.807, 2.05) is 31.2 Å². The van der Waals surface area contributed by atoms with Gasteiger partial charge in [-0.25, -0.2) is 4.68 Å². The van der Waals surface area contributed by atoms with Gasteiger partial charge in [0.2, 0.25) is 0 Å². The molecule has 110 valence electrons. The first-order valence-corrected chi connectivity index (χ1v) is 6.84. The number of hydrogen-bond acceptors (Lipinski definition) is 4. The van der Waals surface area contributed by atoms with E-state index < -0.39 is 0 Å². The standard InChI is InChI=1S/C16H18N2O3/c1-4-8-18-16(20)14(11(2)19)10-15(17-18)12-6-5-7-13(9-12)21-3/h5-7,9-10H,4,8H2,1-3H3. The van der Waals surface area contributed by atoms with E-state index in [9.17, 15) is 9.59 Å². The van der Waals surface area contributed by atoms with Crippen molar-refractivity contribution in [3.63, 3.8) is 0 Å². The summed E-state index contributed by atoms with van der Waals surface area (Å²) >= 11 is 0. The smallest absolute Gasteiger partial charge is 0.277 e. The molecule has 21 heavy (non-hydrogen) atoms. The van der Waals surface area contributed by atoms with Crippen LogP contribution in [0.2, 0.25) is 0 Å². The fraction of sp³-hybridized carbons (Fsp3) is 0.312. The molecular weight excluding hydrogens is 268 g/mol. The maximum Gasteiger partial charge on any atom is 0.277 e. The van der Waals surface area contributed by atoms with Gasteiger partial charge in [0.15, 0.2) is 5.78 Å². The van der Waals surface area contributed by atoms with Crippen LogP contribution in [0.25, 0.3) is 11.3 Å². The van der Waals surface area contributed by atoms with Crippen molar-refractivity contribution in [3.8, 4) is 17.0 Å². The molecule has 0 bridgehead atoms. The number of aryl methyl sites for hydroxylation is 1. The maximum absolute atomic E-state index is 12.2. The zero-order valence-electron chi connectivity index (χ0n) is 12.4. The Kier molecular flexibility index (Phi) is 4.52. The summed E-state index contributed by atoms with van der Waals surface area (Å²) in [5.41, 5.74) is 1.22. The second kappa shape index (κ2) is 6.35. The molecule has 1 aromatic carbocycles. The SMILES string of the molecule is CCCn1nc(-c2cccc(OC)c2)cc(C(C)=O)c1=O. The van der Waals surface area contributed by atoms with Crippen molar-refractivity contribution in [3.05, 3.63) is 46.2 Å². The Bertz CT molecular complexity index is 720. The number of rotatable bonds is 5. The number of nitrogens with zero attached hydrogens (tertiary/aromatic N) is 2. The number of Topliss-reactive ketones (excluding diaryl/α,β-unsaturated/α-hetero) is 1. The molecule has 0 atom stereocenters. The van der Waals surface area contributed by atoms with Gasteiger partial charge in [-0.3, -0.25) is 9.59 Å². The summed E-state index contributed by atoms with van der Waals surface area (Å²) < 4.78 is 6.54. The Morgan fingerprint density at radius 1 is 1.33 bits per heavy atom. The molecule has 0 fully saturated rings. The monoisotopic (exact) mass is 286 g/mol. The highest BCUT2D eigenvalue weighted by Crippen LogP contribution is 2.22. The highest BCUT2D eigenvalue weighted by molar-refractivity contribution is 5.94. The predicted octanol–water partition coefficient (Wildman–Crippen LogP) is 2.53. The highest BCUT2D eigenvalue weighted by atomic mass is 16.5. The molecule has 5 nitrogen and oxygen atoms in total. The van der Waals surface area contributed by atoms with E-state index in [2.05, 4.69) is 5.10 Å². The normalized spacial score (nSPS) is 10.4. The van der Waals surface area contributed by atoms with Crippen molar-refractivity contribution < 1.29 is 9.53 Å². The van der Waals surface area contributed by atoms with Crippen LogP contribution in [0.3, 0.4) is 0 Å². The molecule has 1 heterocycles. The van der Waals surface area contributed by atoms with Crippen LogP contribution in [0, 0.1) is 0 Å². The molecule has 0 aliphatic heterocycles. The second-order valence-electron chi connectivity index (χ2n) is 4.76. The number of hydrogen-bond donors (Lipinski definition) is 0. The Labute approximate surface area is 123 Å². The third kappa shape index (κ3) is 3.18. The van der Waals surface area contributed by atoms with Crippen molar-refractivity contribution in [2.24, 2.45) is 0 Å². The Morgan fingerprint density at radius 3 is 2.71 bits per heavy atom. The third-order valence-corrected chi connectivity index (χ3v) is 3.15. The molecule has 0 aliphatic rings. The van der Waals surface area contributed by atoms with Gasteiger partial charge in [0.1, 0.15) is 5.75 Å². The lowest BCUT2D eigenvalue weighted by atomic mass is 10.1. The lowest BCUT2D eigenvalue weighted by Gasteiger charge is -2.09. The molecule has 0 unspecified atom stereocenters. The Balaban J connectivity index is 2.62. The van der Waals surface area contributed by atoms with Gasteiger partial charge in [-0.15, -0.1) is 0 Å². The minimum absolute atomic E-state index is 0.163. The van der Waals surface area contributed by atoms with Crippen LogP contribution in [0.1, 0.15) is 30.6 Å². The lowest BCUT2D eigenvalue weighted by molar-refractivity contribution is 0.101. The number of benzene rings is 1. The molecule has 0 aliphatic carbocycles. The van der Waals surface area contributed by atoms with E-state index in [1.54, 1.807) is 13.2 Å². The van der Waals surface area contributed by atoms with Gasteiger partial charge in [-0.05, 0) is 31.5 Å². The zero-order valence-corrected chi connectivity index (χ0v) is 12.4. The number of methoxy groups -OCH3 is 1. The van der Waals surface area contributed by atoms with E-state index in [0.717, 1.165) is 12.0 Å². The molecule has 1 aromatic heterocycles. The van der Waals surface area contributed by atoms with E-state index in [0.29, 0.717) is 18.0 Å². The van der Waals surface area contributed by atoms with Crippen LogP contribution in [0.4, 0.5) is 0 Å². The summed E-state index contributed by atoms with van der Waals surface area (Å²) in [6.07, 6.45) is 0.770. The van der Waals surface area contributed by atoms with Crippen LogP contribution in [0.15, 0.2) is 35.1 Å². The fourth-order valence-corrected chi connectivity index (χ4v) is 2.08. The van der Waals surface area contributed by atoms with Crippen LogP contribution in [-0.2, 0) is 6.54 Å². The first kappa shape index (κ1) is 15.0. The molecule has 0 N–H and O–H groups in total. The van der Waals surface area contributed by atoms with Crippen molar-refractivity contribution in [1.82, 2.24) is 9.78 Å². The molecule has 0 saturated heterocycles. The molecule has 0 saturated carbocycles. The molecule has 0 amide bonds. The van der Waals surface area contributed by atoms with Crippen LogP contribution >= 0.6 is 0 Å². The minimum Gasteiger partial charge on any atom is -0.497 e. The summed E-state index contributed by atoms with van der Waals surface area (Å²) in [5, 5.41) is 4.35. The van der Waals surface area contributed by atoms with Gasteiger partial charge in [0, 0.05) is 12.1 Å². The van der Waals surface area contributed by atoms with Crippen LogP contribution < -0.4 is 10.3 Å². The van der Waals surface area contributed by atoms with Crippen molar-refractivity contribution >= 4 is 5.78 Å². The number of ketones is 1. The topological polar surface area (TPSA) is 61.2 Å². The average Bonchev–Trinajstić information content (AvgIpc) is 2.49. The number of carbonyl (C=O) groups excluding carboxylic acids is 1. The van der Waals surface area contributed by atoms with Crippen LogP contribution in [-0.4, -0.2) is 22.7 Å². The molecule has 5 heteroatoms. The summed E-state index contributed by atoms with van der Waals surface area (Å²) in [6.45, 7) is 3.83. The van der Waals surface area contributed by atoms with Crippen LogP contribution in [0.5, 0.6) is 5.75 Å². The largest absolute Gasteiger partial charge is 0.497 e. The fourth-order valence-electron chi connectivity index (χ4n) is 2.08. The molecular formula is C16H18N2O3. The molecule has 2 aromatic rings. The quantitative estimate of drug-likeness (QED) is 0.792. The van der Waals surface area contributed by atoms with Gasteiger partial charge in [0.25, 0.3) is 5.56 Å². The maximum atomic E-state index is 12.2. The van der Waals surface area contributed by atoms with Gasteiger partial charge in [-0.1, -0.05) is 19.1 Å². The first-order chi connectivity index (χ1) is 10.1. The van der Waals surface area contributed by atoms with Crippen molar-refractivity contribution in [1.29, 1.82) is 0 Å². The predicted molar refractivity (Wildman–Crippen MR) is 80.8 cm³/mol. The van der Waals surface area contributed by atoms with E-state index in [-0.39, 0.29) is 16.9 Å².